The number of hydrogen-bond donors (Lipinski definition) is 0. The maximum absolute atomic E-state index is 12.7. The molecule has 0 aliphatic heterocycles. The normalized spacial score (nSPS) is 10.8. The number of rotatable bonds is 13. The Bertz CT molecular complexity index is 1180. The zero-order valence-corrected chi connectivity index (χ0v) is 20.3. The van der Waals surface area contributed by atoms with Gasteiger partial charge >= 0.3 is 17.6 Å². The lowest BCUT2D eigenvalue weighted by molar-refractivity contribution is -0.131. The summed E-state index contributed by atoms with van der Waals surface area (Å²) in [4.78, 5) is 37.1. The average molecular weight is 481 g/mol. The van der Waals surface area contributed by atoms with Gasteiger partial charge in [0.05, 0.1) is 12.2 Å². The van der Waals surface area contributed by atoms with E-state index in [1.165, 1.54) is 39.0 Å². The Hall–Kier alpha value is -3.61. The molecule has 186 valence electrons. The van der Waals surface area contributed by atoms with Crippen molar-refractivity contribution < 1.29 is 28.2 Å². The summed E-state index contributed by atoms with van der Waals surface area (Å²) in [6, 6.07) is 13.1. The minimum absolute atomic E-state index is 0.166. The highest BCUT2D eigenvalue weighted by atomic mass is 16.6. The van der Waals surface area contributed by atoms with Crippen molar-refractivity contribution >= 4 is 22.9 Å². The van der Waals surface area contributed by atoms with Crippen molar-refractivity contribution in [2.75, 3.05) is 6.61 Å². The third kappa shape index (κ3) is 7.44. The fraction of sp³-hybridized carbons (Fsp3) is 0.393. The first-order valence-electron chi connectivity index (χ1n) is 12.2. The van der Waals surface area contributed by atoms with E-state index in [0.717, 1.165) is 19.3 Å². The largest absolute Gasteiger partial charge is 0.493 e. The van der Waals surface area contributed by atoms with E-state index in [1.807, 2.05) is 0 Å². The van der Waals surface area contributed by atoms with Crippen molar-refractivity contribution in [3.8, 4) is 17.2 Å². The van der Waals surface area contributed by atoms with E-state index < -0.39 is 23.3 Å². The molecule has 7 heteroatoms. The molecule has 3 rings (SSSR count). The van der Waals surface area contributed by atoms with Gasteiger partial charge in [0.1, 0.15) is 16.7 Å². The standard InChI is InChI=1S/C28H32O7/c1-3-4-5-6-7-8-9-13-19-32-22-17-14-18-23-24(22)25(33-20(2)29)26(28(31)34-23)35-27(30)21-15-11-10-12-16-21/h10-12,14-18H,3-9,13,19H2,1-2H3. The van der Waals surface area contributed by atoms with Crippen LogP contribution in [0.25, 0.3) is 11.0 Å². The van der Waals surface area contributed by atoms with Crippen LogP contribution in [0, 0.1) is 0 Å². The van der Waals surface area contributed by atoms with E-state index in [4.69, 9.17) is 18.6 Å². The molecule has 7 nitrogen and oxygen atoms in total. The van der Waals surface area contributed by atoms with Crippen LogP contribution in [0.15, 0.2) is 57.7 Å². The fourth-order valence-corrected chi connectivity index (χ4v) is 3.77. The molecule has 0 spiro atoms. The maximum atomic E-state index is 12.7. The Labute approximate surface area is 205 Å². The first-order valence-corrected chi connectivity index (χ1v) is 12.2. The summed E-state index contributed by atoms with van der Waals surface area (Å²) in [7, 11) is 0. The molecule has 0 bridgehead atoms. The lowest BCUT2D eigenvalue weighted by Crippen LogP contribution is -2.17. The minimum Gasteiger partial charge on any atom is -0.493 e. The summed E-state index contributed by atoms with van der Waals surface area (Å²) >= 11 is 0. The number of ether oxygens (including phenoxy) is 3. The molecule has 0 saturated carbocycles. The van der Waals surface area contributed by atoms with Crippen molar-refractivity contribution in [3.05, 3.63) is 64.5 Å². The smallest absolute Gasteiger partial charge is 0.383 e. The van der Waals surface area contributed by atoms with Gasteiger partial charge in [-0.05, 0) is 30.7 Å². The van der Waals surface area contributed by atoms with Crippen LogP contribution in [0.3, 0.4) is 0 Å². The highest BCUT2D eigenvalue weighted by molar-refractivity contribution is 5.96. The Kier molecular flexibility index (Phi) is 9.90. The van der Waals surface area contributed by atoms with Crippen LogP contribution in [-0.4, -0.2) is 18.5 Å². The SMILES string of the molecule is CCCCCCCCCCOc1cccc2oc(=O)c(OC(=O)c3ccccc3)c(OC(C)=O)c12. The third-order valence-corrected chi connectivity index (χ3v) is 5.51. The summed E-state index contributed by atoms with van der Waals surface area (Å²) in [5.41, 5.74) is -0.530. The van der Waals surface area contributed by atoms with E-state index in [9.17, 15) is 14.4 Å². The van der Waals surface area contributed by atoms with E-state index >= 15 is 0 Å². The number of unbranched alkanes of at least 4 members (excludes halogenated alkanes) is 7. The van der Waals surface area contributed by atoms with Crippen molar-refractivity contribution in [3.63, 3.8) is 0 Å². The summed E-state index contributed by atoms with van der Waals surface area (Å²) in [5.74, 6) is -1.76. The van der Waals surface area contributed by atoms with Gasteiger partial charge in [0.15, 0.2) is 5.75 Å². The molecular formula is C28H32O7. The highest BCUT2D eigenvalue weighted by Gasteiger charge is 2.25. The molecule has 0 unspecified atom stereocenters. The lowest BCUT2D eigenvalue weighted by Gasteiger charge is -2.14. The van der Waals surface area contributed by atoms with Crippen molar-refractivity contribution in [1.29, 1.82) is 0 Å². The van der Waals surface area contributed by atoms with Crippen molar-refractivity contribution in [1.82, 2.24) is 0 Å². The molecule has 0 atom stereocenters. The van der Waals surface area contributed by atoms with Crippen LogP contribution in [0.5, 0.6) is 17.2 Å². The zero-order valence-electron chi connectivity index (χ0n) is 20.3. The summed E-state index contributed by atoms with van der Waals surface area (Å²) in [6.45, 7) is 3.86. The molecule has 0 amide bonds. The summed E-state index contributed by atoms with van der Waals surface area (Å²) < 4.78 is 22.1. The second-order valence-corrected chi connectivity index (χ2v) is 8.35. The molecule has 0 fully saturated rings. The summed E-state index contributed by atoms with van der Waals surface area (Å²) in [6.07, 6.45) is 9.33. The van der Waals surface area contributed by atoms with E-state index in [0.29, 0.717) is 12.4 Å². The molecule has 0 aliphatic carbocycles. The lowest BCUT2D eigenvalue weighted by atomic mass is 10.1. The predicted molar refractivity (Wildman–Crippen MR) is 133 cm³/mol. The Morgan fingerprint density at radius 1 is 0.800 bits per heavy atom. The number of hydrogen-bond acceptors (Lipinski definition) is 7. The molecule has 1 heterocycles. The van der Waals surface area contributed by atoms with E-state index in [2.05, 4.69) is 6.92 Å². The number of fused-ring (bicyclic) bond motifs is 1. The summed E-state index contributed by atoms with van der Waals surface area (Å²) in [5, 5.41) is 0.262. The molecule has 3 aromatic rings. The van der Waals surface area contributed by atoms with E-state index in [-0.39, 0.29) is 22.3 Å². The third-order valence-electron chi connectivity index (χ3n) is 5.51. The van der Waals surface area contributed by atoms with Gasteiger partial charge in [-0.2, -0.15) is 0 Å². The van der Waals surface area contributed by atoms with Crippen LogP contribution in [0.4, 0.5) is 0 Å². The van der Waals surface area contributed by atoms with Gasteiger partial charge in [-0.3, -0.25) is 4.79 Å². The minimum atomic E-state index is -0.932. The molecular weight excluding hydrogens is 448 g/mol. The fourth-order valence-electron chi connectivity index (χ4n) is 3.77. The molecule has 1 aromatic heterocycles. The van der Waals surface area contributed by atoms with Crippen molar-refractivity contribution in [2.45, 2.75) is 65.2 Å². The molecule has 0 aliphatic rings. The van der Waals surface area contributed by atoms with Gasteiger partial charge in [-0.25, -0.2) is 9.59 Å². The number of benzene rings is 2. The van der Waals surface area contributed by atoms with Gasteiger partial charge in [0, 0.05) is 6.92 Å². The van der Waals surface area contributed by atoms with Crippen LogP contribution in [0.1, 0.15) is 75.6 Å². The van der Waals surface area contributed by atoms with Crippen LogP contribution in [0.2, 0.25) is 0 Å². The molecule has 2 aromatic carbocycles. The Morgan fingerprint density at radius 3 is 2.17 bits per heavy atom. The average Bonchev–Trinajstić information content (AvgIpc) is 2.85. The molecule has 35 heavy (non-hydrogen) atoms. The van der Waals surface area contributed by atoms with Gasteiger partial charge in [0.25, 0.3) is 5.75 Å². The molecule has 0 radical (unpaired) electrons. The first-order chi connectivity index (χ1) is 17.0. The zero-order chi connectivity index (χ0) is 25.0. The van der Waals surface area contributed by atoms with Crippen LogP contribution >= 0.6 is 0 Å². The van der Waals surface area contributed by atoms with E-state index in [1.54, 1.807) is 48.5 Å². The topological polar surface area (TPSA) is 92.0 Å². The Balaban J connectivity index is 1.80. The number of carbonyl (C=O) groups is 2. The van der Waals surface area contributed by atoms with Crippen molar-refractivity contribution in [2.24, 2.45) is 0 Å². The molecule has 0 N–H and O–H groups in total. The van der Waals surface area contributed by atoms with Gasteiger partial charge in [0.2, 0.25) is 0 Å². The predicted octanol–water partition coefficient (Wildman–Crippen LogP) is 6.46. The highest BCUT2D eigenvalue weighted by Crippen LogP contribution is 2.39. The quantitative estimate of drug-likeness (QED) is 0.157. The van der Waals surface area contributed by atoms with Gasteiger partial charge < -0.3 is 18.6 Å². The first kappa shape index (κ1) is 26.0. The molecule has 0 saturated heterocycles. The van der Waals surface area contributed by atoms with Gasteiger partial charge in [-0.1, -0.05) is 76.1 Å². The second-order valence-electron chi connectivity index (χ2n) is 8.35. The van der Waals surface area contributed by atoms with Gasteiger partial charge in [-0.15, -0.1) is 0 Å². The van der Waals surface area contributed by atoms with Crippen LogP contribution in [-0.2, 0) is 4.79 Å². The monoisotopic (exact) mass is 480 g/mol. The Morgan fingerprint density at radius 2 is 1.49 bits per heavy atom. The second kappa shape index (κ2) is 13.3. The van der Waals surface area contributed by atoms with Crippen LogP contribution < -0.4 is 19.8 Å². The number of esters is 2. The maximum Gasteiger partial charge on any atom is 0.383 e. The number of carbonyl (C=O) groups excluding carboxylic acids is 2.